The van der Waals surface area contributed by atoms with Crippen LogP contribution in [0.2, 0.25) is 0 Å². The van der Waals surface area contributed by atoms with Crippen molar-refractivity contribution in [1.29, 1.82) is 0 Å². The van der Waals surface area contributed by atoms with Crippen LogP contribution in [0.3, 0.4) is 0 Å². The molecule has 0 saturated heterocycles. The van der Waals surface area contributed by atoms with Gasteiger partial charge in [-0.1, -0.05) is 26.8 Å². The fraction of sp³-hybridized carbons (Fsp3) is 0.429. The van der Waals surface area contributed by atoms with Gasteiger partial charge in [0.1, 0.15) is 6.42 Å². The lowest BCUT2D eigenvalue weighted by Crippen LogP contribution is -2.16. The van der Waals surface area contributed by atoms with Crippen LogP contribution in [-0.4, -0.2) is 11.8 Å². The Morgan fingerprint density at radius 3 is 2.26 bits per heavy atom. The number of amides is 2. The quantitative estimate of drug-likeness (QED) is 0.612. The third-order valence-electron chi connectivity index (χ3n) is 2.97. The number of fused-ring (bicyclic) bond motifs is 1. The van der Waals surface area contributed by atoms with E-state index in [4.69, 9.17) is 11.6 Å². The summed E-state index contributed by atoms with van der Waals surface area (Å²) in [6.07, 6.45) is -0.159. The Labute approximate surface area is 117 Å². The number of rotatable bonds is 1. The zero-order chi connectivity index (χ0) is 14.2. The molecule has 1 unspecified atom stereocenters. The van der Waals surface area contributed by atoms with Crippen molar-refractivity contribution in [2.45, 2.75) is 32.6 Å². The maximum atomic E-state index is 11.5. The first kappa shape index (κ1) is 13.9. The highest BCUT2D eigenvalue weighted by Crippen LogP contribution is 2.40. The number of carbonyl (C=O) groups excluding carboxylic acids is 2. The molecule has 1 heterocycles. The van der Waals surface area contributed by atoms with Crippen molar-refractivity contribution < 1.29 is 9.59 Å². The lowest BCUT2D eigenvalue weighted by molar-refractivity contribution is -0.123. The molecule has 2 rings (SSSR count). The van der Waals surface area contributed by atoms with E-state index in [1.807, 2.05) is 12.1 Å². The van der Waals surface area contributed by atoms with Crippen LogP contribution in [0, 0.1) is 5.41 Å². The van der Waals surface area contributed by atoms with Crippen LogP contribution in [0.1, 0.15) is 38.1 Å². The molecule has 0 saturated carbocycles. The van der Waals surface area contributed by atoms with Crippen LogP contribution in [0.15, 0.2) is 18.2 Å². The normalized spacial score (nSPS) is 17.1. The maximum Gasteiger partial charge on any atom is 0.233 e. The van der Waals surface area contributed by atoms with E-state index < -0.39 is 0 Å². The molecular weight excluding hydrogens is 264 g/mol. The second kappa shape index (κ2) is 4.85. The van der Waals surface area contributed by atoms with Gasteiger partial charge in [-0.05, 0) is 23.1 Å². The second-order valence-corrected chi connectivity index (χ2v) is 6.24. The van der Waals surface area contributed by atoms with Gasteiger partial charge in [0, 0.05) is 0 Å². The van der Waals surface area contributed by atoms with Crippen molar-refractivity contribution in [3.63, 3.8) is 0 Å². The molecule has 0 spiro atoms. The van der Waals surface area contributed by atoms with Gasteiger partial charge in [-0.2, -0.15) is 0 Å². The maximum absolute atomic E-state index is 11.5. The molecule has 102 valence electrons. The first-order valence-electron chi connectivity index (χ1n) is 6.15. The van der Waals surface area contributed by atoms with Gasteiger partial charge in [0.25, 0.3) is 0 Å². The minimum Gasteiger partial charge on any atom is -0.324 e. The summed E-state index contributed by atoms with van der Waals surface area (Å²) in [5.74, 6) is -0.613. The number of hydrogen-bond acceptors (Lipinski definition) is 2. The molecule has 0 aliphatic carbocycles. The van der Waals surface area contributed by atoms with Gasteiger partial charge in [0.2, 0.25) is 11.8 Å². The monoisotopic (exact) mass is 280 g/mol. The smallest absolute Gasteiger partial charge is 0.233 e. The second-order valence-electron chi connectivity index (χ2n) is 5.81. The van der Waals surface area contributed by atoms with E-state index in [1.54, 1.807) is 6.07 Å². The average molecular weight is 281 g/mol. The molecule has 0 bridgehead atoms. The van der Waals surface area contributed by atoms with Crippen LogP contribution >= 0.6 is 11.6 Å². The number of anilines is 2. The predicted molar refractivity (Wildman–Crippen MR) is 76.4 cm³/mol. The Morgan fingerprint density at radius 2 is 1.68 bits per heavy atom. The van der Waals surface area contributed by atoms with Gasteiger partial charge in [-0.3, -0.25) is 9.59 Å². The van der Waals surface area contributed by atoms with Crippen molar-refractivity contribution in [2.75, 3.05) is 10.6 Å². The van der Waals surface area contributed by atoms with Crippen molar-refractivity contribution >= 4 is 34.8 Å². The molecule has 5 heteroatoms. The Kier molecular flexibility index (Phi) is 3.54. The summed E-state index contributed by atoms with van der Waals surface area (Å²) >= 11 is 6.43. The predicted octanol–water partition coefficient (Wildman–Crippen LogP) is 3.29. The Balaban J connectivity index is 2.38. The van der Waals surface area contributed by atoms with Gasteiger partial charge in [0.15, 0.2) is 0 Å². The van der Waals surface area contributed by atoms with E-state index in [0.29, 0.717) is 11.4 Å². The number of carbonyl (C=O) groups is 2. The van der Waals surface area contributed by atoms with Crippen LogP contribution in [0.25, 0.3) is 0 Å². The highest BCUT2D eigenvalue weighted by atomic mass is 35.5. The first-order valence-corrected chi connectivity index (χ1v) is 6.59. The van der Waals surface area contributed by atoms with E-state index in [0.717, 1.165) is 5.56 Å². The minimum atomic E-state index is -0.310. The molecule has 0 radical (unpaired) electrons. The summed E-state index contributed by atoms with van der Waals surface area (Å²) in [6.45, 7) is 6.16. The fourth-order valence-electron chi connectivity index (χ4n) is 1.97. The number of hydrogen-bond donors (Lipinski definition) is 2. The Bertz CT molecular complexity index is 535. The SMILES string of the molecule is CC(C)(C)C(Cl)c1ccc2c(c1)NC(=O)CC(=O)N2. The molecule has 1 aromatic carbocycles. The molecule has 0 fully saturated rings. The molecule has 2 N–H and O–H groups in total. The standard InChI is InChI=1S/C14H17ClN2O2/c1-14(2,3)13(15)8-4-5-9-10(6-8)17-12(19)7-11(18)16-9/h4-6,13H,7H2,1-3H3,(H,16,18)(H,17,19). The van der Waals surface area contributed by atoms with Crippen molar-refractivity contribution in [1.82, 2.24) is 0 Å². The summed E-state index contributed by atoms with van der Waals surface area (Å²) in [6, 6.07) is 5.47. The number of halogens is 1. The van der Waals surface area contributed by atoms with E-state index in [-0.39, 0.29) is 29.0 Å². The Morgan fingerprint density at radius 1 is 1.11 bits per heavy atom. The third-order valence-corrected chi connectivity index (χ3v) is 3.87. The average Bonchev–Trinajstić information content (AvgIpc) is 2.42. The number of benzene rings is 1. The topological polar surface area (TPSA) is 58.2 Å². The van der Waals surface area contributed by atoms with E-state index in [1.165, 1.54) is 0 Å². The van der Waals surface area contributed by atoms with Crippen LogP contribution in [-0.2, 0) is 9.59 Å². The lowest BCUT2D eigenvalue weighted by atomic mass is 9.87. The highest BCUT2D eigenvalue weighted by molar-refractivity contribution is 6.21. The van der Waals surface area contributed by atoms with Gasteiger partial charge in [-0.15, -0.1) is 11.6 Å². The van der Waals surface area contributed by atoms with Crippen LogP contribution in [0.4, 0.5) is 11.4 Å². The largest absolute Gasteiger partial charge is 0.324 e. The fourth-order valence-corrected chi connectivity index (χ4v) is 2.10. The molecule has 1 aromatic rings. The number of nitrogens with one attached hydrogen (secondary N) is 2. The molecule has 1 aliphatic rings. The zero-order valence-electron chi connectivity index (χ0n) is 11.2. The molecule has 0 aromatic heterocycles. The third kappa shape index (κ3) is 3.07. The summed E-state index contributed by atoms with van der Waals surface area (Å²) in [5, 5.41) is 5.24. The van der Waals surface area contributed by atoms with Crippen molar-refractivity contribution in [3.8, 4) is 0 Å². The lowest BCUT2D eigenvalue weighted by Gasteiger charge is -2.26. The van der Waals surface area contributed by atoms with Crippen molar-refractivity contribution in [2.24, 2.45) is 5.41 Å². The molecule has 19 heavy (non-hydrogen) atoms. The van der Waals surface area contributed by atoms with Gasteiger partial charge in [0.05, 0.1) is 16.8 Å². The van der Waals surface area contributed by atoms with Gasteiger partial charge in [-0.25, -0.2) is 0 Å². The number of alkyl halides is 1. The zero-order valence-corrected chi connectivity index (χ0v) is 12.0. The van der Waals surface area contributed by atoms with E-state index in [2.05, 4.69) is 31.4 Å². The molecule has 1 atom stereocenters. The van der Waals surface area contributed by atoms with Crippen LogP contribution < -0.4 is 10.6 Å². The molecule has 2 amide bonds. The Hall–Kier alpha value is -1.55. The summed E-state index contributed by atoms with van der Waals surface area (Å²) in [7, 11) is 0. The van der Waals surface area contributed by atoms with E-state index >= 15 is 0 Å². The van der Waals surface area contributed by atoms with Crippen molar-refractivity contribution in [3.05, 3.63) is 23.8 Å². The van der Waals surface area contributed by atoms with E-state index in [9.17, 15) is 9.59 Å². The molecule has 1 aliphatic heterocycles. The summed E-state index contributed by atoms with van der Waals surface area (Å²) in [5.41, 5.74) is 2.04. The summed E-state index contributed by atoms with van der Waals surface area (Å²) in [4.78, 5) is 23.0. The van der Waals surface area contributed by atoms with Gasteiger partial charge < -0.3 is 10.6 Å². The summed E-state index contributed by atoms with van der Waals surface area (Å²) < 4.78 is 0. The van der Waals surface area contributed by atoms with Gasteiger partial charge >= 0.3 is 0 Å². The molecule has 4 nitrogen and oxygen atoms in total. The minimum absolute atomic E-state index is 0.0895. The molecular formula is C14H17ClN2O2. The first-order chi connectivity index (χ1) is 8.77. The van der Waals surface area contributed by atoms with Crippen LogP contribution in [0.5, 0.6) is 0 Å². The highest BCUT2D eigenvalue weighted by Gasteiger charge is 2.26.